The highest BCUT2D eigenvalue weighted by molar-refractivity contribution is 6.01. The van der Waals surface area contributed by atoms with E-state index in [4.69, 9.17) is 9.97 Å². The van der Waals surface area contributed by atoms with Crippen LogP contribution in [0.5, 0.6) is 0 Å². The molecular weight excluding hydrogens is 416 g/mol. The number of hydrogen-bond acceptors (Lipinski definition) is 3. The first-order chi connectivity index (χ1) is 16.7. The van der Waals surface area contributed by atoms with Crippen LogP contribution in [0, 0.1) is 0 Å². The van der Waals surface area contributed by atoms with E-state index in [1.165, 1.54) is 33.0 Å². The minimum Gasteiger partial charge on any atom is -0.317 e. The Morgan fingerprint density at radius 2 is 1.59 bits per heavy atom. The fraction of sp³-hybridized carbons (Fsp3) is 0.267. The Hall–Kier alpha value is -3.50. The van der Waals surface area contributed by atoms with Crippen LogP contribution in [0.4, 0.5) is 0 Å². The first-order valence-corrected chi connectivity index (χ1v) is 12.3. The van der Waals surface area contributed by atoms with Crippen molar-refractivity contribution >= 4 is 21.9 Å². The summed E-state index contributed by atoms with van der Waals surface area (Å²) in [7, 11) is 0. The standard InChI is InChI=1S/C30H30N4/c1-20(2)21-7-10-23(11-8-21)27-18-32-30-29(33-19-34(30)26-13-15-31-16-14-26)28(27)25-12-9-22-5-3-4-6-24(22)17-25/h3-12,17-20,26,31H,13-16H2,1-2H3. The molecule has 0 saturated carbocycles. The molecule has 0 spiro atoms. The highest BCUT2D eigenvalue weighted by atomic mass is 15.1. The molecule has 5 aromatic rings. The summed E-state index contributed by atoms with van der Waals surface area (Å²) in [5.74, 6) is 0.510. The Bertz CT molecular complexity index is 1460. The van der Waals surface area contributed by atoms with Gasteiger partial charge in [-0.1, -0.05) is 74.5 Å². The van der Waals surface area contributed by atoms with E-state index in [9.17, 15) is 0 Å². The van der Waals surface area contributed by atoms with E-state index in [0.717, 1.165) is 42.7 Å². The number of hydrogen-bond donors (Lipinski definition) is 1. The number of nitrogens with one attached hydrogen (secondary N) is 1. The first-order valence-electron chi connectivity index (χ1n) is 12.3. The molecule has 34 heavy (non-hydrogen) atoms. The molecule has 0 bridgehead atoms. The summed E-state index contributed by atoms with van der Waals surface area (Å²) >= 11 is 0. The van der Waals surface area contributed by atoms with Crippen LogP contribution in [0.3, 0.4) is 0 Å². The van der Waals surface area contributed by atoms with Crippen LogP contribution in [-0.2, 0) is 0 Å². The zero-order valence-corrected chi connectivity index (χ0v) is 19.8. The lowest BCUT2D eigenvalue weighted by Crippen LogP contribution is -2.29. The molecule has 4 heteroatoms. The van der Waals surface area contributed by atoms with Crippen molar-refractivity contribution in [2.75, 3.05) is 13.1 Å². The molecule has 0 radical (unpaired) electrons. The summed E-state index contributed by atoms with van der Waals surface area (Å²) in [6.45, 7) is 6.55. The van der Waals surface area contributed by atoms with E-state index in [0.29, 0.717) is 12.0 Å². The van der Waals surface area contributed by atoms with Crippen LogP contribution in [0.15, 0.2) is 79.3 Å². The quantitative estimate of drug-likeness (QED) is 0.324. The fourth-order valence-corrected chi connectivity index (χ4v) is 5.23. The van der Waals surface area contributed by atoms with Gasteiger partial charge in [-0.15, -0.1) is 0 Å². The smallest absolute Gasteiger partial charge is 0.160 e. The van der Waals surface area contributed by atoms with Gasteiger partial charge >= 0.3 is 0 Å². The Morgan fingerprint density at radius 1 is 0.853 bits per heavy atom. The normalized spacial score (nSPS) is 14.9. The molecule has 0 atom stereocenters. The van der Waals surface area contributed by atoms with Crippen molar-refractivity contribution in [3.05, 3.63) is 84.8 Å². The summed E-state index contributed by atoms with van der Waals surface area (Å²) in [4.78, 5) is 9.94. The van der Waals surface area contributed by atoms with Gasteiger partial charge in [-0.3, -0.25) is 0 Å². The van der Waals surface area contributed by atoms with Gasteiger partial charge in [0.1, 0.15) is 5.52 Å². The van der Waals surface area contributed by atoms with Crippen LogP contribution >= 0.6 is 0 Å². The van der Waals surface area contributed by atoms with Gasteiger partial charge in [-0.2, -0.15) is 0 Å². The third-order valence-electron chi connectivity index (χ3n) is 7.22. The van der Waals surface area contributed by atoms with Gasteiger partial charge in [0.2, 0.25) is 0 Å². The van der Waals surface area contributed by atoms with Gasteiger partial charge in [0.25, 0.3) is 0 Å². The van der Waals surface area contributed by atoms with Gasteiger partial charge in [0.15, 0.2) is 5.65 Å². The van der Waals surface area contributed by atoms with Crippen molar-refractivity contribution in [2.24, 2.45) is 0 Å². The van der Waals surface area contributed by atoms with Gasteiger partial charge in [0, 0.05) is 23.4 Å². The SMILES string of the molecule is CC(C)c1ccc(-c2cnc3c(ncn3C3CCNCC3)c2-c2ccc3ccccc3c2)cc1. The summed E-state index contributed by atoms with van der Waals surface area (Å²) in [6, 6.07) is 24.7. The van der Waals surface area contributed by atoms with E-state index in [-0.39, 0.29) is 0 Å². The average molecular weight is 447 g/mol. The predicted molar refractivity (Wildman–Crippen MR) is 141 cm³/mol. The first kappa shape index (κ1) is 21.1. The zero-order chi connectivity index (χ0) is 23.1. The maximum Gasteiger partial charge on any atom is 0.160 e. The van der Waals surface area contributed by atoms with Crippen molar-refractivity contribution in [2.45, 2.75) is 38.6 Å². The van der Waals surface area contributed by atoms with Crippen LogP contribution in [0.1, 0.15) is 44.2 Å². The lowest BCUT2D eigenvalue weighted by molar-refractivity contribution is 0.373. The third kappa shape index (κ3) is 3.68. The number of nitrogens with zero attached hydrogens (tertiary/aromatic N) is 3. The molecule has 3 aromatic carbocycles. The van der Waals surface area contributed by atoms with Gasteiger partial charge < -0.3 is 9.88 Å². The van der Waals surface area contributed by atoms with Crippen LogP contribution < -0.4 is 5.32 Å². The minimum atomic E-state index is 0.444. The Kier molecular flexibility index (Phi) is 5.39. The van der Waals surface area contributed by atoms with Crippen molar-refractivity contribution < 1.29 is 0 Å². The molecule has 0 unspecified atom stereocenters. The largest absolute Gasteiger partial charge is 0.317 e. The maximum atomic E-state index is 4.98. The number of fused-ring (bicyclic) bond motifs is 2. The van der Waals surface area contributed by atoms with Crippen molar-refractivity contribution in [1.29, 1.82) is 0 Å². The van der Waals surface area contributed by atoms with Crippen molar-refractivity contribution in [3.8, 4) is 22.3 Å². The molecule has 0 aliphatic carbocycles. The van der Waals surface area contributed by atoms with Crippen molar-refractivity contribution in [3.63, 3.8) is 0 Å². The molecule has 6 rings (SSSR count). The van der Waals surface area contributed by atoms with Gasteiger partial charge in [-0.25, -0.2) is 9.97 Å². The summed E-state index contributed by atoms with van der Waals surface area (Å²) < 4.78 is 2.30. The van der Waals surface area contributed by atoms with Crippen LogP contribution in [0.25, 0.3) is 44.2 Å². The maximum absolute atomic E-state index is 4.98. The lowest BCUT2D eigenvalue weighted by atomic mass is 9.92. The highest BCUT2D eigenvalue weighted by Crippen LogP contribution is 2.39. The van der Waals surface area contributed by atoms with E-state index in [2.05, 4.69) is 96.7 Å². The number of rotatable bonds is 4. The zero-order valence-electron chi connectivity index (χ0n) is 19.8. The molecular formula is C30H30N4. The summed E-state index contributed by atoms with van der Waals surface area (Å²) in [5, 5.41) is 5.96. The van der Waals surface area contributed by atoms with E-state index in [1.54, 1.807) is 0 Å². The average Bonchev–Trinajstić information content (AvgIpc) is 3.32. The second-order valence-electron chi connectivity index (χ2n) is 9.69. The van der Waals surface area contributed by atoms with Crippen molar-refractivity contribution in [1.82, 2.24) is 19.9 Å². The molecule has 1 N–H and O–H groups in total. The van der Waals surface area contributed by atoms with E-state index >= 15 is 0 Å². The molecule has 4 nitrogen and oxygen atoms in total. The molecule has 170 valence electrons. The summed E-state index contributed by atoms with van der Waals surface area (Å²) in [5.41, 5.74) is 7.98. The minimum absolute atomic E-state index is 0.444. The van der Waals surface area contributed by atoms with Gasteiger partial charge in [0.05, 0.1) is 6.33 Å². The monoisotopic (exact) mass is 446 g/mol. The number of benzene rings is 3. The number of pyridine rings is 1. The second kappa shape index (κ2) is 8.69. The molecule has 3 heterocycles. The molecule has 1 aliphatic rings. The molecule has 1 fully saturated rings. The Balaban J connectivity index is 1.57. The Morgan fingerprint density at radius 3 is 2.35 bits per heavy atom. The molecule has 0 amide bonds. The number of aromatic nitrogens is 3. The third-order valence-corrected chi connectivity index (χ3v) is 7.22. The summed E-state index contributed by atoms with van der Waals surface area (Å²) in [6.07, 6.45) is 6.27. The highest BCUT2D eigenvalue weighted by Gasteiger charge is 2.22. The Labute approximate surface area is 200 Å². The van der Waals surface area contributed by atoms with Crippen LogP contribution in [-0.4, -0.2) is 27.6 Å². The van der Waals surface area contributed by atoms with E-state index in [1.807, 2.05) is 6.33 Å². The van der Waals surface area contributed by atoms with E-state index < -0.39 is 0 Å². The lowest BCUT2D eigenvalue weighted by Gasteiger charge is -2.24. The molecule has 2 aromatic heterocycles. The molecule has 1 saturated heterocycles. The number of imidazole rings is 1. The fourth-order valence-electron chi connectivity index (χ4n) is 5.23. The topological polar surface area (TPSA) is 42.7 Å². The van der Waals surface area contributed by atoms with Crippen LogP contribution in [0.2, 0.25) is 0 Å². The second-order valence-corrected chi connectivity index (χ2v) is 9.69. The van der Waals surface area contributed by atoms with Gasteiger partial charge in [-0.05, 0) is 65.4 Å². The molecule has 1 aliphatic heterocycles. The predicted octanol–water partition coefficient (Wildman–Crippen LogP) is 6.97. The number of piperidine rings is 1.